The van der Waals surface area contributed by atoms with Gasteiger partial charge in [-0.05, 0) is 24.3 Å². The van der Waals surface area contributed by atoms with Gasteiger partial charge in [0.1, 0.15) is 0 Å². The molecule has 0 unspecified atom stereocenters. The van der Waals surface area contributed by atoms with Crippen LogP contribution >= 0.6 is 0 Å². The molecule has 0 fully saturated rings. The summed E-state index contributed by atoms with van der Waals surface area (Å²) in [4.78, 5) is 8.08. The average Bonchev–Trinajstić information content (AvgIpc) is 2.80. The van der Waals surface area contributed by atoms with Crippen LogP contribution in [0.15, 0.2) is 40.9 Å². The van der Waals surface area contributed by atoms with Crippen molar-refractivity contribution in [2.24, 2.45) is 0 Å². The van der Waals surface area contributed by atoms with Gasteiger partial charge in [0.25, 0.3) is 0 Å². The number of nitrogens with two attached hydrogens (primary N) is 1. The van der Waals surface area contributed by atoms with Crippen molar-refractivity contribution in [1.29, 1.82) is 0 Å². The predicted molar refractivity (Wildman–Crippen MR) is 66.7 cm³/mol. The van der Waals surface area contributed by atoms with Gasteiger partial charge in [0.2, 0.25) is 5.89 Å². The molecule has 2 N–H and O–H groups in total. The van der Waals surface area contributed by atoms with Crippen LogP contribution in [0.1, 0.15) is 5.56 Å². The fourth-order valence-corrected chi connectivity index (χ4v) is 1.76. The van der Waals surface area contributed by atoms with Crippen LogP contribution < -0.4 is 5.73 Å². The molecule has 0 saturated heterocycles. The highest BCUT2D eigenvalue weighted by Crippen LogP contribution is 2.31. The number of nitrogen functional groups attached to an aromatic ring is 1. The molecule has 0 aliphatic rings. The summed E-state index contributed by atoms with van der Waals surface area (Å²) < 4.78 is 42.8. The molecule has 1 aromatic carbocycles. The first-order valence-electron chi connectivity index (χ1n) is 5.63. The van der Waals surface area contributed by atoms with Gasteiger partial charge in [-0.25, -0.2) is 4.98 Å². The second-order valence-electron chi connectivity index (χ2n) is 4.18. The molecule has 4 nitrogen and oxygen atoms in total. The summed E-state index contributed by atoms with van der Waals surface area (Å²) in [6.07, 6.45) is -2.93. The number of benzene rings is 1. The maximum atomic E-state index is 12.5. The van der Waals surface area contributed by atoms with Gasteiger partial charge in [0.05, 0.1) is 17.4 Å². The van der Waals surface area contributed by atoms with E-state index in [9.17, 15) is 13.2 Å². The highest BCUT2D eigenvalue weighted by Gasteiger charge is 2.30. The number of oxazole rings is 1. The van der Waals surface area contributed by atoms with E-state index in [2.05, 4.69) is 9.97 Å². The number of alkyl halides is 3. The number of aromatic nitrogens is 2. The fourth-order valence-electron chi connectivity index (χ4n) is 1.76. The van der Waals surface area contributed by atoms with Gasteiger partial charge in [-0.15, -0.1) is 0 Å². The van der Waals surface area contributed by atoms with Gasteiger partial charge in [0.15, 0.2) is 11.2 Å². The molecule has 2 aromatic heterocycles. The van der Waals surface area contributed by atoms with Crippen molar-refractivity contribution in [2.45, 2.75) is 6.18 Å². The van der Waals surface area contributed by atoms with Crippen molar-refractivity contribution in [1.82, 2.24) is 9.97 Å². The number of pyridine rings is 1. The van der Waals surface area contributed by atoms with Crippen LogP contribution in [0.2, 0.25) is 0 Å². The third kappa shape index (κ3) is 2.18. The molecule has 3 aromatic rings. The molecule has 0 aliphatic heterocycles. The van der Waals surface area contributed by atoms with Gasteiger partial charge in [0, 0.05) is 11.6 Å². The minimum absolute atomic E-state index is 0.201. The molecule has 0 saturated carbocycles. The first-order valence-corrected chi connectivity index (χ1v) is 5.63. The maximum absolute atomic E-state index is 12.5. The van der Waals surface area contributed by atoms with E-state index >= 15 is 0 Å². The Morgan fingerprint density at radius 2 is 1.80 bits per heavy atom. The summed E-state index contributed by atoms with van der Waals surface area (Å²) >= 11 is 0. The second-order valence-corrected chi connectivity index (χ2v) is 4.18. The molecule has 7 heteroatoms. The molecule has 102 valence electrons. The zero-order chi connectivity index (χ0) is 14.3. The molecule has 2 heterocycles. The van der Waals surface area contributed by atoms with Crippen molar-refractivity contribution in [3.63, 3.8) is 0 Å². The molecule has 0 atom stereocenters. The van der Waals surface area contributed by atoms with Crippen LogP contribution in [-0.2, 0) is 6.18 Å². The smallest absolute Gasteiger partial charge is 0.416 e. The van der Waals surface area contributed by atoms with Crippen molar-refractivity contribution in [3.8, 4) is 11.5 Å². The standard InChI is InChI=1S/C13H8F3N3O/c14-13(15,16)8-3-1-7(2-4-8)12-19-11-10(20-12)5-9(17)6-18-11/h1-6H,17H2. The monoisotopic (exact) mass is 279 g/mol. The zero-order valence-electron chi connectivity index (χ0n) is 9.98. The Labute approximate surface area is 111 Å². The van der Waals surface area contributed by atoms with E-state index < -0.39 is 11.7 Å². The van der Waals surface area contributed by atoms with E-state index in [-0.39, 0.29) is 5.89 Å². The fraction of sp³-hybridized carbons (Fsp3) is 0.0769. The lowest BCUT2D eigenvalue weighted by atomic mass is 10.1. The zero-order valence-corrected chi connectivity index (χ0v) is 9.98. The molecular formula is C13H8F3N3O. The second kappa shape index (κ2) is 4.22. The third-order valence-corrected chi connectivity index (χ3v) is 2.73. The minimum Gasteiger partial charge on any atom is -0.434 e. The number of halogens is 3. The first kappa shape index (κ1) is 12.5. The lowest BCUT2D eigenvalue weighted by molar-refractivity contribution is -0.137. The SMILES string of the molecule is Nc1cnc2nc(-c3ccc(C(F)(F)F)cc3)oc2c1. The number of anilines is 1. The molecular weight excluding hydrogens is 271 g/mol. The molecule has 0 bridgehead atoms. The van der Waals surface area contributed by atoms with E-state index in [0.717, 1.165) is 12.1 Å². The Morgan fingerprint density at radius 3 is 2.45 bits per heavy atom. The van der Waals surface area contributed by atoms with Gasteiger partial charge < -0.3 is 10.2 Å². The number of hydrogen-bond donors (Lipinski definition) is 1. The Morgan fingerprint density at radius 1 is 1.10 bits per heavy atom. The molecule has 0 amide bonds. The molecule has 3 rings (SSSR count). The highest BCUT2D eigenvalue weighted by molar-refractivity contribution is 5.75. The van der Waals surface area contributed by atoms with Crippen LogP contribution in [0.4, 0.5) is 18.9 Å². The van der Waals surface area contributed by atoms with Gasteiger partial charge >= 0.3 is 6.18 Å². The normalized spacial score (nSPS) is 11.9. The number of nitrogens with zero attached hydrogens (tertiary/aromatic N) is 2. The largest absolute Gasteiger partial charge is 0.434 e. The Hall–Kier alpha value is -2.57. The summed E-state index contributed by atoms with van der Waals surface area (Å²) in [5, 5.41) is 0. The number of fused-ring (bicyclic) bond motifs is 1. The highest BCUT2D eigenvalue weighted by atomic mass is 19.4. The van der Waals surface area contributed by atoms with Crippen molar-refractivity contribution < 1.29 is 17.6 Å². The van der Waals surface area contributed by atoms with Gasteiger partial charge in [-0.3, -0.25) is 0 Å². The van der Waals surface area contributed by atoms with Crippen molar-refractivity contribution >= 4 is 16.9 Å². The van der Waals surface area contributed by atoms with E-state index in [4.69, 9.17) is 10.2 Å². The summed E-state index contributed by atoms with van der Waals surface area (Å²) in [6, 6.07) is 6.12. The van der Waals surface area contributed by atoms with Gasteiger partial charge in [-0.1, -0.05) is 0 Å². The Balaban J connectivity index is 2.02. The quantitative estimate of drug-likeness (QED) is 0.740. The lowest BCUT2D eigenvalue weighted by Gasteiger charge is -2.05. The Kier molecular flexibility index (Phi) is 2.63. The van der Waals surface area contributed by atoms with E-state index in [0.29, 0.717) is 22.5 Å². The maximum Gasteiger partial charge on any atom is 0.416 e. The van der Waals surface area contributed by atoms with E-state index in [1.165, 1.54) is 18.3 Å². The third-order valence-electron chi connectivity index (χ3n) is 2.73. The van der Waals surface area contributed by atoms with Crippen molar-refractivity contribution in [3.05, 3.63) is 42.1 Å². The lowest BCUT2D eigenvalue weighted by Crippen LogP contribution is -2.03. The summed E-state index contributed by atoms with van der Waals surface area (Å²) in [7, 11) is 0. The first-order chi connectivity index (χ1) is 9.43. The summed E-state index contributed by atoms with van der Waals surface area (Å²) in [5.41, 5.74) is 6.45. The summed E-state index contributed by atoms with van der Waals surface area (Å²) in [5.74, 6) is 0.201. The van der Waals surface area contributed by atoms with E-state index in [1.54, 1.807) is 6.07 Å². The topological polar surface area (TPSA) is 64.9 Å². The Bertz CT molecular complexity index is 763. The van der Waals surface area contributed by atoms with Crippen molar-refractivity contribution in [2.75, 3.05) is 5.73 Å². The molecule has 0 spiro atoms. The van der Waals surface area contributed by atoms with Crippen LogP contribution in [0.25, 0.3) is 22.7 Å². The van der Waals surface area contributed by atoms with E-state index in [1.807, 2.05) is 0 Å². The molecule has 0 radical (unpaired) electrons. The molecule has 0 aliphatic carbocycles. The van der Waals surface area contributed by atoms with Crippen LogP contribution in [0.3, 0.4) is 0 Å². The number of hydrogen-bond acceptors (Lipinski definition) is 4. The number of rotatable bonds is 1. The minimum atomic E-state index is -4.37. The predicted octanol–water partition coefficient (Wildman–Crippen LogP) is 3.49. The average molecular weight is 279 g/mol. The summed E-state index contributed by atoms with van der Waals surface area (Å²) in [6.45, 7) is 0. The van der Waals surface area contributed by atoms with Crippen LogP contribution in [0.5, 0.6) is 0 Å². The molecule has 20 heavy (non-hydrogen) atoms. The van der Waals surface area contributed by atoms with Crippen LogP contribution in [0, 0.1) is 0 Å². The van der Waals surface area contributed by atoms with Gasteiger partial charge in [-0.2, -0.15) is 18.2 Å². The van der Waals surface area contributed by atoms with Crippen LogP contribution in [-0.4, -0.2) is 9.97 Å².